The maximum Gasteiger partial charge on any atom is 0.416 e. The minimum absolute atomic E-state index is 0.126. The Kier molecular flexibility index (Phi) is 8.41. The average molecular weight is 420 g/mol. The predicted molar refractivity (Wildman–Crippen MR) is 111 cm³/mol. The fraction of sp³-hybridized carbons (Fsp3) is 0.609. The second-order valence-corrected chi connectivity index (χ2v) is 8.31. The summed E-state index contributed by atoms with van der Waals surface area (Å²) in [5, 5.41) is 10.8. The van der Waals surface area contributed by atoms with Crippen molar-refractivity contribution >= 4 is 18.0 Å². The van der Waals surface area contributed by atoms with Gasteiger partial charge in [0.2, 0.25) is 5.91 Å². The smallest absolute Gasteiger partial charge is 0.416 e. The second-order valence-electron chi connectivity index (χ2n) is 8.31. The lowest BCUT2D eigenvalue weighted by atomic mass is 9.87. The lowest BCUT2D eigenvalue weighted by molar-refractivity contribution is -0.159. The van der Waals surface area contributed by atoms with Gasteiger partial charge in [-0.1, -0.05) is 65.0 Å². The summed E-state index contributed by atoms with van der Waals surface area (Å²) < 4.78 is 10.6. The lowest BCUT2D eigenvalue weighted by Crippen LogP contribution is -2.48. The van der Waals surface area contributed by atoms with E-state index in [1.807, 2.05) is 37.3 Å². The molecular formula is C23H33NO6. The van der Waals surface area contributed by atoms with Gasteiger partial charge < -0.3 is 14.6 Å². The Labute approximate surface area is 178 Å². The molecule has 1 heterocycles. The van der Waals surface area contributed by atoms with E-state index < -0.39 is 42.1 Å². The van der Waals surface area contributed by atoms with E-state index in [1.165, 1.54) is 0 Å². The molecule has 2 amide bonds. The number of aliphatic hydroxyl groups excluding tert-OH is 1. The van der Waals surface area contributed by atoms with Gasteiger partial charge in [-0.25, -0.2) is 9.69 Å². The SMILES string of the molecule is CC[C@@H](OC(=O)C(C)C)[C@H](C)[C@H](O)[C@H](C)C(=O)N1C(=O)OC[C@@H]1Cc1ccccc1. The van der Waals surface area contributed by atoms with E-state index in [4.69, 9.17) is 9.47 Å². The lowest BCUT2D eigenvalue weighted by Gasteiger charge is -2.32. The summed E-state index contributed by atoms with van der Waals surface area (Å²) in [6, 6.07) is 9.14. The Morgan fingerprint density at radius 1 is 1.20 bits per heavy atom. The van der Waals surface area contributed by atoms with Gasteiger partial charge >= 0.3 is 12.1 Å². The number of benzene rings is 1. The molecule has 0 aromatic heterocycles. The molecular weight excluding hydrogens is 386 g/mol. The van der Waals surface area contributed by atoms with Gasteiger partial charge in [0.1, 0.15) is 12.7 Å². The van der Waals surface area contributed by atoms with Gasteiger partial charge in [0.15, 0.2) is 0 Å². The number of cyclic esters (lactones) is 1. The minimum Gasteiger partial charge on any atom is -0.462 e. The van der Waals surface area contributed by atoms with Crippen LogP contribution in [0.5, 0.6) is 0 Å². The third-order valence-corrected chi connectivity index (χ3v) is 5.68. The molecule has 1 aromatic carbocycles. The number of nitrogens with zero attached hydrogens (tertiary/aromatic N) is 1. The Morgan fingerprint density at radius 2 is 1.83 bits per heavy atom. The van der Waals surface area contributed by atoms with Gasteiger partial charge in [-0.05, 0) is 18.4 Å². The van der Waals surface area contributed by atoms with Crippen LogP contribution < -0.4 is 0 Å². The van der Waals surface area contributed by atoms with E-state index >= 15 is 0 Å². The van der Waals surface area contributed by atoms with Crippen molar-refractivity contribution < 1.29 is 29.0 Å². The summed E-state index contributed by atoms with van der Waals surface area (Å²) in [5.74, 6) is -2.42. The monoisotopic (exact) mass is 419 g/mol. The largest absolute Gasteiger partial charge is 0.462 e. The molecule has 0 spiro atoms. The topological polar surface area (TPSA) is 93.1 Å². The molecule has 5 atom stereocenters. The molecule has 0 bridgehead atoms. The highest BCUT2D eigenvalue weighted by Gasteiger charge is 2.43. The van der Waals surface area contributed by atoms with E-state index in [0.717, 1.165) is 10.5 Å². The van der Waals surface area contributed by atoms with Crippen LogP contribution in [0.4, 0.5) is 4.79 Å². The first-order valence-corrected chi connectivity index (χ1v) is 10.6. The van der Waals surface area contributed by atoms with Crippen molar-refractivity contribution in [3.05, 3.63) is 35.9 Å². The van der Waals surface area contributed by atoms with Crippen LogP contribution in [0.2, 0.25) is 0 Å². The number of carbonyl (C=O) groups excluding carboxylic acids is 3. The molecule has 0 saturated carbocycles. The van der Waals surface area contributed by atoms with Crippen LogP contribution >= 0.6 is 0 Å². The Balaban J connectivity index is 2.09. The molecule has 30 heavy (non-hydrogen) atoms. The van der Waals surface area contributed by atoms with E-state index in [1.54, 1.807) is 27.7 Å². The van der Waals surface area contributed by atoms with Crippen LogP contribution in [-0.2, 0) is 25.5 Å². The molecule has 1 aliphatic rings. The summed E-state index contributed by atoms with van der Waals surface area (Å²) in [5.41, 5.74) is 0.992. The first-order chi connectivity index (χ1) is 14.2. The van der Waals surface area contributed by atoms with Crippen LogP contribution in [0.1, 0.15) is 46.6 Å². The van der Waals surface area contributed by atoms with Crippen molar-refractivity contribution in [3.8, 4) is 0 Å². The molecule has 0 unspecified atom stereocenters. The van der Waals surface area contributed by atoms with Gasteiger partial charge in [-0.2, -0.15) is 0 Å². The van der Waals surface area contributed by atoms with E-state index in [9.17, 15) is 19.5 Å². The van der Waals surface area contributed by atoms with Crippen LogP contribution in [0.15, 0.2) is 30.3 Å². The van der Waals surface area contributed by atoms with Gasteiger partial charge in [0.25, 0.3) is 0 Å². The van der Waals surface area contributed by atoms with E-state index in [2.05, 4.69) is 0 Å². The number of imide groups is 1. The average Bonchev–Trinajstić information content (AvgIpc) is 3.10. The van der Waals surface area contributed by atoms with Crippen LogP contribution in [0.3, 0.4) is 0 Å². The zero-order valence-corrected chi connectivity index (χ0v) is 18.4. The number of esters is 1. The van der Waals surface area contributed by atoms with Gasteiger partial charge in [-0.3, -0.25) is 9.59 Å². The van der Waals surface area contributed by atoms with Crippen LogP contribution in [-0.4, -0.2) is 52.8 Å². The zero-order valence-electron chi connectivity index (χ0n) is 18.4. The number of hydrogen-bond acceptors (Lipinski definition) is 6. The molecule has 7 heteroatoms. The molecule has 166 valence electrons. The number of carbonyl (C=O) groups is 3. The normalized spacial score (nSPS) is 20.4. The quantitative estimate of drug-likeness (QED) is 0.618. The maximum atomic E-state index is 13.1. The predicted octanol–water partition coefficient (Wildman–Crippen LogP) is 3.19. The van der Waals surface area contributed by atoms with Crippen molar-refractivity contribution in [2.75, 3.05) is 6.61 Å². The molecule has 1 fully saturated rings. The molecule has 1 saturated heterocycles. The molecule has 0 radical (unpaired) electrons. The first kappa shape index (κ1) is 23.9. The molecule has 1 aliphatic heterocycles. The van der Waals surface area contributed by atoms with Crippen molar-refractivity contribution in [2.45, 2.75) is 65.7 Å². The molecule has 1 N–H and O–H groups in total. The summed E-state index contributed by atoms with van der Waals surface area (Å²) in [6.45, 7) is 8.82. The van der Waals surface area contributed by atoms with Crippen molar-refractivity contribution in [1.82, 2.24) is 4.90 Å². The standard InChI is InChI=1S/C23H33NO6/c1-6-19(30-22(27)14(2)3)15(4)20(25)16(5)21(26)24-18(13-29-23(24)28)12-17-10-8-7-9-11-17/h7-11,14-16,18-20,25H,6,12-13H2,1-5H3/t15-,16-,18-,19+,20-/m0/s1. The number of amides is 2. The maximum absolute atomic E-state index is 13.1. The summed E-state index contributed by atoms with van der Waals surface area (Å²) in [7, 11) is 0. The second kappa shape index (κ2) is 10.6. The molecule has 0 aliphatic carbocycles. The number of hydrogen-bond donors (Lipinski definition) is 1. The number of aliphatic hydroxyl groups is 1. The van der Waals surface area contributed by atoms with E-state index in [-0.39, 0.29) is 18.5 Å². The summed E-state index contributed by atoms with van der Waals surface area (Å²) >= 11 is 0. The van der Waals surface area contributed by atoms with Gasteiger partial charge in [0.05, 0.1) is 24.0 Å². The van der Waals surface area contributed by atoms with Crippen LogP contribution in [0, 0.1) is 17.8 Å². The van der Waals surface area contributed by atoms with Crippen molar-refractivity contribution in [3.63, 3.8) is 0 Å². The summed E-state index contributed by atoms with van der Waals surface area (Å²) in [4.78, 5) is 38.4. The highest BCUT2D eigenvalue weighted by atomic mass is 16.6. The highest BCUT2D eigenvalue weighted by Crippen LogP contribution is 2.26. The highest BCUT2D eigenvalue weighted by molar-refractivity contribution is 5.95. The Bertz CT molecular complexity index is 734. The van der Waals surface area contributed by atoms with E-state index in [0.29, 0.717) is 12.8 Å². The van der Waals surface area contributed by atoms with Crippen molar-refractivity contribution in [2.24, 2.45) is 17.8 Å². The first-order valence-electron chi connectivity index (χ1n) is 10.6. The zero-order chi connectivity index (χ0) is 22.4. The third-order valence-electron chi connectivity index (χ3n) is 5.68. The molecule has 1 aromatic rings. The van der Waals surface area contributed by atoms with Gasteiger partial charge in [-0.15, -0.1) is 0 Å². The fourth-order valence-electron chi connectivity index (χ4n) is 3.66. The third kappa shape index (κ3) is 5.59. The van der Waals surface area contributed by atoms with Gasteiger partial charge in [0, 0.05) is 5.92 Å². The van der Waals surface area contributed by atoms with Crippen LogP contribution in [0.25, 0.3) is 0 Å². The Morgan fingerprint density at radius 3 is 2.40 bits per heavy atom. The Hall–Kier alpha value is -2.41. The molecule has 2 rings (SSSR count). The number of ether oxygens (including phenoxy) is 2. The van der Waals surface area contributed by atoms with Crippen molar-refractivity contribution in [1.29, 1.82) is 0 Å². The number of rotatable bonds is 9. The summed E-state index contributed by atoms with van der Waals surface area (Å²) in [6.07, 6.45) is -1.28. The fourth-order valence-corrected chi connectivity index (χ4v) is 3.66. The minimum atomic E-state index is -1.08. The molecule has 7 nitrogen and oxygen atoms in total.